The second-order valence-electron chi connectivity index (χ2n) is 1.85. The van der Waals surface area contributed by atoms with Crippen molar-refractivity contribution in [1.82, 2.24) is 0 Å². The smallest absolute Gasteiger partial charge is 0.186 e. The van der Waals surface area contributed by atoms with Gasteiger partial charge in [0.05, 0.1) is 4.90 Å². The highest BCUT2D eigenvalue weighted by Gasteiger charge is 2.03. The first-order chi connectivity index (χ1) is 5.09. The highest BCUT2D eigenvalue weighted by atomic mass is 32.2. The van der Waals surface area contributed by atoms with Gasteiger partial charge < -0.3 is 4.55 Å². The molecule has 11 heavy (non-hydrogen) atoms. The zero-order valence-corrected chi connectivity index (χ0v) is 6.07. The average molecular weight is 178 g/mol. The third-order valence-electron chi connectivity index (χ3n) is 1.04. The monoisotopic (exact) mass is 178 g/mol. The third-order valence-corrected chi connectivity index (χ3v) is 1.68. The van der Waals surface area contributed by atoms with Gasteiger partial charge in [-0.25, -0.2) is 13.0 Å². The molecule has 0 aliphatic rings. The minimum Gasteiger partial charge on any atom is -0.302 e. The van der Waals surface area contributed by atoms with Crippen LogP contribution in [0.15, 0.2) is 23.1 Å². The Balaban J connectivity index is 3.19. The molecule has 1 aromatic rings. The maximum Gasteiger partial charge on any atom is 0.186 e. The van der Waals surface area contributed by atoms with Gasteiger partial charge >= 0.3 is 0 Å². The van der Waals surface area contributed by atoms with Gasteiger partial charge in [-0.2, -0.15) is 0 Å². The molecular weight excluding hydrogens is 174 g/mol. The predicted octanol–water partition coefficient (Wildman–Crippen LogP) is 1.55. The first-order valence-corrected chi connectivity index (χ1v) is 3.77. The van der Waals surface area contributed by atoms with E-state index in [4.69, 9.17) is 4.55 Å². The molecule has 0 saturated heterocycles. The second-order valence-corrected chi connectivity index (χ2v) is 2.82. The quantitative estimate of drug-likeness (QED) is 0.662. The Kier molecular flexibility index (Phi) is 2.31. The largest absolute Gasteiger partial charge is 0.302 e. The molecule has 0 aliphatic heterocycles. The van der Waals surface area contributed by atoms with Crippen LogP contribution in [0.25, 0.3) is 0 Å². The maximum atomic E-state index is 12.3. The lowest BCUT2D eigenvalue weighted by Crippen LogP contribution is -1.90. The second kappa shape index (κ2) is 3.06. The van der Waals surface area contributed by atoms with Crippen molar-refractivity contribution in [2.75, 3.05) is 0 Å². The molecule has 1 rings (SSSR count). The Morgan fingerprint density at radius 2 is 1.64 bits per heavy atom. The average Bonchev–Trinajstić information content (AvgIpc) is 1.85. The van der Waals surface area contributed by atoms with Gasteiger partial charge in [0.1, 0.15) is 11.6 Å². The van der Waals surface area contributed by atoms with Crippen molar-refractivity contribution < 1.29 is 17.5 Å². The highest BCUT2D eigenvalue weighted by molar-refractivity contribution is 7.79. The summed E-state index contributed by atoms with van der Waals surface area (Å²) in [5.41, 5.74) is 0. The zero-order chi connectivity index (χ0) is 8.43. The first kappa shape index (κ1) is 8.29. The van der Waals surface area contributed by atoms with E-state index >= 15 is 0 Å². The van der Waals surface area contributed by atoms with E-state index in [-0.39, 0.29) is 4.90 Å². The number of hydrogen-bond donors (Lipinski definition) is 1. The van der Waals surface area contributed by atoms with Crippen LogP contribution in [0, 0.1) is 11.6 Å². The Labute approximate surface area is 64.1 Å². The molecule has 1 aromatic carbocycles. The topological polar surface area (TPSA) is 37.3 Å². The van der Waals surface area contributed by atoms with Gasteiger partial charge in [-0.1, -0.05) is 0 Å². The van der Waals surface area contributed by atoms with Crippen LogP contribution in [-0.2, 0) is 11.1 Å². The van der Waals surface area contributed by atoms with E-state index in [9.17, 15) is 13.0 Å². The number of benzene rings is 1. The fourth-order valence-corrected chi connectivity index (χ4v) is 1.06. The Bertz CT molecular complexity index is 280. The van der Waals surface area contributed by atoms with Gasteiger partial charge in [-0.15, -0.1) is 0 Å². The molecule has 60 valence electrons. The molecule has 0 spiro atoms. The normalized spacial score (nSPS) is 13.0. The molecule has 0 aromatic heterocycles. The Morgan fingerprint density at radius 1 is 1.18 bits per heavy atom. The molecule has 1 N–H and O–H groups in total. The lowest BCUT2D eigenvalue weighted by molar-refractivity contribution is 0.551. The summed E-state index contributed by atoms with van der Waals surface area (Å²) in [6.45, 7) is 0. The van der Waals surface area contributed by atoms with Crippen LogP contribution in [0.1, 0.15) is 0 Å². The van der Waals surface area contributed by atoms with Crippen molar-refractivity contribution >= 4 is 11.1 Å². The lowest BCUT2D eigenvalue weighted by atomic mass is 10.3. The third kappa shape index (κ3) is 2.06. The summed E-state index contributed by atoms with van der Waals surface area (Å²) in [5, 5.41) is 0. The molecule has 0 radical (unpaired) electrons. The summed E-state index contributed by atoms with van der Waals surface area (Å²) < 4.78 is 43.3. The van der Waals surface area contributed by atoms with Gasteiger partial charge in [-0.05, 0) is 12.1 Å². The van der Waals surface area contributed by atoms with Crippen LogP contribution in [0.3, 0.4) is 0 Å². The molecule has 0 fully saturated rings. The lowest BCUT2D eigenvalue weighted by Gasteiger charge is -1.94. The Hall–Kier alpha value is -0.810. The molecule has 2 nitrogen and oxygen atoms in total. The summed E-state index contributed by atoms with van der Waals surface area (Å²) >= 11 is -2.33. The van der Waals surface area contributed by atoms with Gasteiger partial charge in [0.2, 0.25) is 0 Å². The highest BCUT2D eigenvalue weighted by Crippen LogP contribution is 2.10. The molecule has 1 atom stereocenters. The van der Waals surface area contributed by atoms with Crippen LogP contribution in [0.5, 0.6) is 0 Å². The summed E-state index contributed by atoms with van der Waals surface area (Å²) in [6.07, 6.45) is 0. The summed E-state index contributed by atoms with van der Waals surface area (Å²) in [6, 6.07) is 2.24. The van der Waals surface area contributed by atoms with Crippen molar-refractivity contribution in [2.45, 2.75) is 4.90 Å². The molecule has 0 amide bonds. The minimum absolute atomic E-state index is 0.275. The van der Waals surface area contributed by atoms with E-state index < -0.39 is 22.7 Å². The number of halogens is 2. The van der Waals surface area contributed by atoms with Crippen LogP contribution in [0.2, 0.25) is 0 Å². The van der Waals surface area contributed by atoms with Crippen LogP contribution >= 0.6 is 0 Å². The van der Waals surface area contributed by atoms with E-state index in [2.05, 4.69) is 0 Å². The zero-order valence-electron chi connectivity index (χ0n) is 5.25. The van der Waals surface area contributed by atoms with E-state index in [1.54, 1.807) is 0 Å². The Morgan fingerprint density at radius 3 is 2.00 bits per heavy atom. The molecule has 0 heterocycles. The number of rotatable bonds is 1. The maximum absolute atomic E-state index is 12.3. The molecular formula is C6H4F2O2S. The van der Waals surface area contributed by atoms with E-state index in [0.29, 0.717) is 6.07 Å². The van der Waals surface area contributed by atoms with Crippen LogP contribution in [-0.4, -0.2) is 8.76 Å². The van der Waals surface area contributed by atoms with Crippen molar-refractivity contribution in [3.05, 3.63) is 29.8 Å². The van der Waals surface area contributed by atoms with Gasteiger partial charge in [0.25, 0.3) is 0 Å². The SMILES string of the molecule is O=S(O)c1cc(F)cc(F)c1. The van der Waals surface area contributed by atoms with Crippen molar-refractivity contribution in [3.8, 4) is 0 Å². The van der Waals surface area contributed by atoms with Crippen molar-refractivity contribution in [1.29, 1.82) is 0 Å². The standard InChI is InChI=1S/C6H4F2O2S/c7-4-1-5(8)3-6(2-4)11(9)10/h1-3H,(H,9,10). The van der Waals surface area contributed by atoms with Crippen molar-refractivity contribution in [3.63, 3.8) is 0 Å². The molecule has 0 bridgehead atoms. The van der Waals surface area contributed by atoms with Gasteiger partial charge in [-0.3, -0.25) is 0 Å². The van der Waals surface area contributed by atoms with Gasteiger partial charge in [0.15, 0.2) is 11.1 Å². The van der Waals surface area contributed by atoms with Crippen molar-refractivity contribution in [2.24, 2.45) is 0 Å². The fraction of sp³-hybridized carbons (Fsp3) is 0. The van der Waals surface area contributed by atoms with E-state index in [0.717, 1.165) is 12.1 Å². The summed E-state index contributed by atoms with van der Waals surface area (Å²) in [4.78, 5) is -0.275. The van der Waals surface area contributed by atoms with Crippen LogP contribution < -0.4 is 0 Å². The number of hydrogen-bond acceptors (Lipinski definition) is 1. The molecule has 5 heteroatoms. The fourth-order valence-electron chi connectivity index (χ4n) is 0.629. The molecule has 1 unspecified atom stereocenters. The van der Waals surface area contributed by atoms with Crippen LogP contribution in [0.4, 0.5) is 8.78 Å². The van der Waals surface area contributed by atoms with E-state index in [1.807, 2.05) is 0 Å². The van der Waals surface area contributed by atoms with E-state index in [1.165, 1.54) is 0 Å². The summed E-state index contributed by atoms with van der Waals surface area (Å²) in [5.74, 6) is -1.72. The molecule has 0 aliphatic carbocycles. The summed E-state index contributed by atoms with van der Waals surface area (Å²) in [7, 11) is 0. The molecule has 0 saturated carbocycles. The predicted molar refractivity (Wildman–Crippen MR) is 35.4 cm³/mol. The first-order valence-electron chi connectivity index (χ1n) is 2.66. The van der Waals surface area contributed by atoms with Gasteiger partial charge in [0, 0.05) is 6.07 Å². The minimum atomic E-state index is -2.33.